The molecule has 0 saturated carbocycles. The van der Waals surface area contributed by atoms with E-state index in [0.29, 0.717) is 9.94 Å². The molecule has 0 aromatic heterocycles. The zero-order valence-electron chi connectivity index (χ0n) is 11.4. The topological polar surface area (TPSA) is 55.8 Å². The fraction of sp³-hybridized carbons (Fsp3) is 0.462. The van der Waals surface area contributed by atoms with Crippen molar-refractivity contribution in [3.8, 4) is 0 Å². The highest BCUT2D eigenvalue weighted by atomic mass is 79.9. The van der Waals surface area contributed by atoms with Crippen LogP contribution in [0.25, 0.3) is 0 Å². The minimum Gasteiger partial charge on any atom is -0.478 e. The summed E-state index contributed by atoms with van der Waals surface area (Å²) in [6, 6.07) is 4.95. The Hall–Kier alpha value is -0.845. The lowest BCUT2D eigenvalue weighted by Crippen LogP contribution is -2.41. The number of rotatable bonds is 2. The monoisotopic (exact) mass is 326 g/mol. The maximum absolute atomic E-state index is 11.1. The van der Waals surface area contributed by atoms with Crippen molar-refractivity contribution < 1.29 is 19.2 Å². The predicted molar refractivity (Wildman–Crippen MR) is 76.8 cm³/mol. The van der Waals surface area contributed by atoms with Crippen molar-refractivity contribution in [2.24, 2.45) is 0 Å². The van der Waals surface area contributed by atoms with Crippen LogP contribution in [0.3, 0.4) is 0 Å². The van der Waals surface area contributed by atoms with Gasteiger partial charge in [-0.15, -0.1) is 0 Å². The van der Waals surface area contributed by atoms with E-state index in [1.807, 2.05) is 33.8 Å². The Morgan fingerprint density at radius 3 is 2.16 bits per heavy atom. The molecule has 4 nitrogen and oxygen atoms in total. The van der Waals surface area contributed by atoms with Gasteiger partial charge in [-0.1, -0.05) is 15.9 Å². The van der Waals surface area contributed by atoms with E-state index in [0.717, 1.165) is 0 Å². The van der Waals surface area contributed by atoms with Gasteiger partial charge in [-0.3, -0.25) is 0 Å². The van der Waals surface area contributed by atoms with Gasteiger partial charge >= 0.3 is 13.1 Å². The molecule has 0 spiro atoms. The maximum Gasteiger partial charge on any atom is 0.494 e. The number of halogens is 1. The normalized spacial score (nSPS) is 20.6. The standard InChI is InChI=1S/C13H16BBrO4/c1-12(2)13(3,4)19-14(18-12)9-5-8(11(16)17)6-10(15)7-9/h5-7H,1-4H3,(H,16,17). The molecule has 1 N–H and O–H groups in total. The highest BCUT2D eigenvalue weighted by molar-refractivity contribution is 9.10. The fourth-order valence-electron chi connectivity index (χ4n) is 1.85. The maximum atomic E-state index is 11.1. The van der Waals surface area contributed by atoms with Crippen LogP contribution in [0.5, 0.6) is 0 Å². The van der Waals surface area contributed by atoms with Crippen molar-refractivity contribution in [3.05, 3.63) is 28.2 Å². The zero-order chi connectivity index (χ0) is 14.4. The van der Waals surface area contributed by atoms with E-state index < -0.39 is 24.3 Å². The molecule has 0 aliphatic carbocycles. The second-order valence-corrected chi connectivity index (χ2v) is 6.58. The molecule has 1 aliphatic heterocycles. The number of carboxylic acids is 1. The SMILES string of the molecule is CC1(C)OB(c2cc(Br)cc(C(=O)O)c2)OC1(C)C. The van der Waals surface area contributed by atoms with E-state index in [1.54, 1.807) is 12.1 Å². The van der Waals surface area contributed by atoms with Crippen LogP contribution in [0.1, 0.15) is 38.1 Å². The van der Waals surface area contributed by atoms with Gasteiger partial charge in [0.2, 0.25) is 0 Å². The van der Waals surface area contributed by atoms with Gasteiger partial charge in [-0.05, 0) is 51.4 Å². The van der Waals surface area contributed by atoms with Gasteiger partial charge in [0.05, 0.1) is 16.8 Å². The molecule has 0 radical (unpaired) electrons. The fourth-order valence-corrected chi connectivity index (χ4v) is 2.36. The van der Waals surface area contributed by atoms with Crippen LogP contribution < -0.4 is 5.46 Å². The highest BCUT2D eigenvalue weighted by Crippen LogP contribution is 2.36. The third kappa shape index (κ3) is 2.71. The summed E-state index contributed by atoms with van der Waals surface area (Å²) < 4.78 is 12.5. The summed E-state index contributed by atoms with van der Waals surface area (Å²) in [7, 11) is -0.555. The average molecular weight is 327 g/mol. The molecule has 1 aromatic rings. The first kappa shape index (κ1) is 14.6. The van der Waals surface area contributed by atoms with Crippen LogP contribution in [0, 0.1) is 0 Å². The molecule has 19 heavy (non-hydrogen) atoms. The Morgan fingerprint density at radius 2 is 1.68 bits per heavy atom. The summed E-state index contributed by atoms with van der Waals surface area (Å²) in [5, 5.41) is 9.08. The van der Waals surface area contributed by atoms with Gasteiger partial charge in [0.1, 0.15) is 0 Å². The molecule has 0 atom stereocenters. The van der Waals surface area contributed by atoms with Crippen LogP contribution in [-0.4, -0.2) is 29.4 Å². The Labute approximate surface area is 121 Å². The van der Waals surface area contributed by atoms with E-state index in [1.165, 1.54) is 0 Å². The second-order valence-electron chi connectivity index (χ2n) is 5.67. The number of hydrogen-bond acceptors (Lipinski definition) is 3. The van der Waals surface area contributed by atoms with Crippen molar-refractivity contribution in [1.82, 2.24) is 0 Å². The van der Waals surface area contributed by atoms with Crippen molar-refractivity contribution in [2.75, 3.05) is 0 Å². The average Bonchev–Trinajstić information content (AvgIpc) is 2.47. The van der Waals surface area contributed by atoms with Gasteiger partial charge in [-0.2, -0.15) is 0 Å². The smallest absolute Gasteiger partial charge is 0.478 e. The predicted octanol–water partition coefficient (Wildman–Crippen LogP) is 2.45. The first-order valence-corrected chi connectivity index (χ1v) is 6.81. The lowest BCUT2D eigenvalue weighted by atomic mass is 9.78. The van der Waals surface area contributed by atoms with Gasteiger partial charge in [0.25, 0.3) is 0 Å². The Morgan fingerprint density at radius 1 is 1.16 bits per heavy atom. The summed E-state index contributed by atoms with van der Waals surface area (Å²) in [5.74, 6) is -0.973. The van der Waals surface area contributed by atoms with Crippen LogP contribution in [-0.2, 0) is 9.31 Å². The van der Waals surface area contributed by atoms with E-state index in [2.05, 4.69) is 15.9 Å². The minimum atomic E-state index is -0.973. The number of aromatic carboxylic acids is 1. The quantitative estimate of drug-likeness (QED) is 0.848. The summed E-state index contributed by atoms with van der Waals surface area (Å²) >= 11 is 3.31. The molecule has 0 bridgehead atoms. The molecule has 1 fully saturated rings. The minimum absolute atomic E-state index is 0.207. The number of carbonyl (C=O) groups is 1. The largest absolute Gasteiger partial charge is 0.494 e. The summed E-state index contributed by atoms with van der Waals surface area (Å²) in [6.45, 7) is 7.85. The highest BCUT2D eigenvalue weighted by Gasteiger charge is 2.51. The van der Waals surface area contributed by atoms with Crippen LogP contribution >= 0.6 is 15.9 Å². The zero-order valence-corrected chi connectivity index (χ0v) is 12.9. The van der Waals surface area contributed by atoms with E-state index in [-0.39, 0.29) is 5.56 Å². The lowest BCUT2D eigenvalue weighted by Gasteiger charge is -2.32. The van der Waals surface area contributed by atoms with Crippen LogP contribution in [0.4, 0.5) is 0 Å². The first-order chi connectivity index (χ1) is 8.62. The molecule has 0 unspecified atom stereocenters. The number of carboxylic acid groups (broad SMARTS) is 1. The Bertz CT molecular complexity index is 511. The molecular weight excluding hydrogens is 311 g/mol. The lowest BCUT2D eigenvalue weighted by molar-refractivity contribution is 0.00578. The first-order valence-electron chi connectivity index (χ1n) is 6.02. The molecule has 6 heteroatoms. The third-order valence-electron chi connectivity index (χ3n) is 3.69. The van der Waals surface area contributed by atoms with E-state index in [4.69, 9.17) is 14.4 Å². The summed E-state index contributed by atoms with van der Waals surface area (Å²) in [5.41, 5.74) is 0.0248. The van der Waals surface area contributed by atoms with Crippen molar-refractivity contribution in [1.29, 1.82) is 0 Å². The Balaban J connectivity index is 2.37. The van der Waals surface area contributed by atoms with Crippen LogP contribution in [0.15, 0.2) is 22.7 Å². The summed E-state index contributed by atoms with van der Waals surface area (Å²) in [4.78, 5) is 11.1. The Kier molecular flexibility index (Phi) is 3.54. The molecule has 1 saturated heterocycles. The molecule has 0 amide bonds. The van der Waals surface area contributed by atoms with Gasteiger partial charge in [0, 0.05) is 4.47 Å². The van der Waals surface area contributed by atoms with Gasteiger partial charge in [0.15, 0.2) is 0 Å². The number of hydrogen-bond donors (Lipinski definition) is 1. The van der Waals surface area contributed by atoms with Crippen molar-refractivity contribution in [3.63, 3.8) is 0 Å². The molecule has 1 heterocycles. The van der Waals surface area contributed by atoms with Gasteiger partial charge in [-0.25, -0.2) is 4.79 Å². The molecular formula is C13H16BBrO4. The van der Waals surface area contributed by atoms with Crippen molar-refractivity contribution >= 4 is 34.5 Å². The van der Waals surface area contributed by atoms with Crippen molar-refractivity contribution in [2.45, 2.75) is 38.9 Å². The van der Waals surface area contributed by atoms with Crippen LogP contribution in [0.2, 0.25) is 0 Å². The molecule has 1 aromatic carbocycles. The molecule has 102 valence electrons. The second kappa shape index (κ2) is 4.61. The molecule has 1 aliphatic rings. The number of benzene rings is 1. The molecule has 2 rings (SSSR count). The third-order valence-corrected chi connectivity index (χ3v) is 4.15. The van der Waals surface area contributed by atoms with E-state index in [9.17, 15) is 4.79 Å². The van der Waals surface area contributed by atoms with Gasteiger partial charge < -0.3 is 14.4 Å². The van der Waals surface area contributed by atoms with E-state index >= 15 is 0 Å². The summed E-state index contributed by atoms with van der Waals surface area (Å²) in [6.07, 6.45) is 0.